The first-order valence-electron chi connectivity index (χ1n) is 8.13. The van der Waals surface area contributed by atoms with E-state index in [-0.39, 0.29) is 5.78 Å². The smallest absolute Gasteiger partial charge is 0.163 e. The van der Waals surface area contributed by atoms with Crippen molar-refractivity contribution in [2.75, 3.05) is 0 Å². The van der Waals surface area contributed by atoms with Crippen LogP contribution in [0.2, 0.25) is 0 Å². The molecule has 0 amide bonds. The van der Waals surface area contributed by atoms with Gasteiger partial charge in [0.1, 0.15) is 5.65 Å². The minimum atomic E-state index is 0.0231. The van der Waals surface area contributed by atoms with Crippen molar-refractivity contribution in [1.29, 1.82) is 5.26 Å². The van der Waals surface area contributed by atoms with Gasteiger partial charge in [-0.2, -0.15) is 5.26 Å². The van der Waals surface area contributed by atoms with E-state index in [9.17, 15) is 4.79 Å². The summed E-state index contributed by atoms with van der Waals surface area (Å²) in [5.74, 6) is 0.0231. The first kappa shape index (κ1) is 15.2. The topological polar surface area (TPSA) is 73.9 Å². The molecule has 1 N–H and O–H groups in total. The third-order valence-corrected chi connectivity index (χ3v) is 4.36. The van der Waals surface area contributed by atoms with Crippen LogP contribution in [0.25, 0.3) is 16.6 Å². The molecule has 4 rings (SSSR count). The third-order valence-electron chi connectivity index (χ3n) is 4.36. The Hall–Kier alpha value is -3.39. The van der Waals surface area contributed by atoms with Crippen LogP contribution in [-0.4, -0.2) is 20.2 Å². The molecule has 4 aromatic rings. The maximum atomic E-state index is 12.7. The Bertz CT molecular complexity index is 1140. The fourth-order valence-corrected chi connectivity index (χ4v) is 3.11. The number of aryl methyl sites for hydroxylation is 2. The Labute approximate surface area is 144 Å². The van der Waals surface area contributed by atoms with Crippen molar-refractivity contribution in [3.05, 3.63) is 71.3 Å². The van der Waals surface area contributed by atoms with Crippen molar-refractivity contribution in [3.63, 3.8) is 0 Å². The van der Waals surface area contributed by atoms with Gasteiger partial charge in [0.05, 0.1) is 17.3 Å². The van der Waals surface area contributed by atoms with Crippen LogP contribution in [0, 0.1) is 18.3 Å². The minimum Gasteiger partial charge on any atom is -0.361 e. The number of carbonyl (C=O) groups is 1. The van der Waals surface area contributed by atoms with Crippen molar-refractivity contribution in [3.8, 4) is 6.07 Å². The predicted molar refractivity (Wildman–Crippen MR) is 95.6 cm³/mol. The van der Waals surface area contributed by atoms with Crippen molar-refractivity contribution < 1.29 is 4.79 Å². The third kappa shape index (κ3) is 2.79. The number of rotatable bonds is 4. The number of benzene rings is 1. The molecule has 5 nitrogen and oxygen atoms in total. The zero-order valence-corrected chi connectivity index (χ0v) is 13.8. The van der Waals surface area contributed by atoms with Crippen LogP contribution in [-0.2, 0) is 6.42 Å². The summed E-state index contributed by atoms with van der Waals surface area (Å²) in [4.78, 5) is 20.3. The molecular formula is C20H16N4O. The van der Waals surface area contributed by atoms with Crippen molar-refractivity contribution in [2.45, 2.75) is 19.8 Å². The lowest BCUT2D eigenvalue weighted by molar-refractivity contribution is 0.0984. The van der Waals surface area contributed by atoms with E-state index in [2.05, 4.69) is 16.0 Å². The molecule has 0 fully saturated rings. The van der Waals surface area contributed by atoms with Gasteiger partial charge in [0.25, 0.3) is 0 Å². The van der Waals surface area contributed by atoms with Crippen LogP contribution in [0.5, 0.6) is 0 Å². The number of ketones is 1. The van der Waals surface area contributed by atoms with Gasteiger partial charge in [-0.25, -0.2) is 4.98 Å². The van der Waals surface area contributed by atoms with E-state index >= 15 is 0 Å². The number of imidazole rings is 1. The van der Waals surface area contributed by atoms with E-state index in [1.807, 2.05) is 41.9 Å². The number of Topliss-reactive ketones (excluding diaryl/α,β-unsaturated/α-hetero) is 1. The van der Waals surface area contributed by atoms with E-state index < -0.39 is 0 Å². The van der Waals surface area contributed by atoms with Gasteiger partial charge in [-0.05, 0) is 43.2 Å². The number of nitrogens with zero attached hydrogens (tertiary/aromatic N) is 3. The Morgan fingerprint density at radius 3 is 3.00 bits per heavy atom. The van der Waals surface area contributed by atoms with E-state index in [1.165, 1.54) is 0 Å². The number of carbonyl (C=O) groups excluding carboxylic acids is 1. The molecule has 0 aliphatic heterocycles. The summed E-state index contributed by atoms with van der Waals surface area (Å²) >= 11 is 0. The number of H-pyrrole nitrogens is 1. The highest BCUT2D eigenvalue weighted by atomic mass is 16.1. The number of pyridine rings is 1. The molecule has 0 spiro atoms. The standard InChI is InChI=1S/C20H16N4O/c1-13-2-5-20-23-15(12-24(20)11-13)3-4-19(25)17-8-14(10-21)9-18-16(17)6-7-22-18/h2,5-9,11-12,22H,3-4H2,1H3. The Morgan fingerprint density at radius 1 is 1.28 bits per heavy atom. The number of nitrogens with one attached hydrogen (secondary N) is 1. The predicted octanol–water partition coefficient (Wildman–Crippen LogP) is 3.81. The molecular weight excluding hydrogens is 312 g/mol. The van der Waals surface area contributed by atoms with Crippen molar-refractivity contribution in [1.82, 2.24) is 14.4 Å². The summed E-state index contributed by atoms with van der Waals surface area (Å²) in [5.41, 5.74) is 4.82. The highest BCUT2D eigenvalue weighted by molar-refractivity contribution is 6.08. The van der Waals surface area contributed by atoms with Crippen molar-refractivity contribution in [2.24, 2.45) is 0 Å². The molecule has 3 heterocycles. The molecule has 0 radical (unpaired) electrons. The summed E-state index contributed by atoms with van der Waals surface area (Å²) < 4.78 is 1.98. The summed E-state index contributed by atoms with van der Waals surface area (Å²) in [6, 6.07) is 11.4. The molecule has 0 saturated carbocycles. The zero-order valence-electron chi connectivity index (χ0n) is 13.8. The maximum Gasteiger partial charge on any atom is 0.163 e. The fourth-order valence-electron chi connectivity index (χ4n) is 3.11. The van der Waals surface area contributed by atoms with Gasteiger partial charge < -0.3 is 9.38 Å². The summed E-state index contributed by atoms with van der Waals surface area (Å²) in [5, 5.41) is 10.0. The lowest BCUT2D eigenvalue weighted by Crippen LogP contribution is -2.02. The van der Waals surface area contributed by atoms with Crippen LogP contribution in [0.3, 0.4) is 0 Å². The second-order valence-electron chi connectivity index (χ2n) is 6.20. The second kappa shape index (κ2) is 5.91. The van der Waals surface area contributed by atoms with Crippen LogP contribution in [0.1, 0.15) is 33.6 Å². The largest absolute Gasteiger partial charge is 0.361 e. The molecule has 0 saturated heterocycles. The average molecular weight is 328 g/mol. The molecule has 0 aliphatic carbocycles. The molecule has 25 heavy (non-hydrogen) atoms. The molecule has 0 bridgehead atoms. The molecule has 0 aliphatic rings. The highest BCUT2D eigenvalue weighted by Gasteiger charge is 2.14. The quantitative estimate of drug-likeness (QED) is 0.579. The number of hydrogen-bond acceptors (Lipinski definition) is 3. The minimum absolute atomic E-state index is 0.0231. The monoisotopic (exact) mass is 328 g/mol. The van der Waals surface area contributed by atoms with E-state index in [4.69, 9.17) is 5.26 Å². The maximum absolute atomic E-state index is 12.7. The van der Waals surface area contributed by atoms with Gasteiger partial charge in [-0.1, -0.05) is 6.07 Å². The average Bonchev–Trinajstić information content (AvgIpc) is 3.24. The van der Waals surface area contributed by atoms with E-state index in [0.717, 1.165) is 27.8 Å². The molecule has 3 aromatic heterocycles. The van der Waals surface area contributed by atoms with E-state index in [0.29, 0.717) is 24.0 Å². The van der Waals surface area contributed by atoms with Gasteiger partial charge in [0.15, 0.2) is 5.78 Å². The Balaban J connectivity index is 1.59. The molecule has 122 valence electrons. The number of aromatic nitrogens is 3. The number of nitriles is 1. The first-order chi connectivity index (χ1) is 12.1. The van der Waals surface area contributed by atoms with E-state index in [1.54, 1.807) is 18.3 Å². The lowest BCUT2D eigenvalue weighted by atomic mass is 9.99. The van der Waals surface area contributed by atoms with Gasteiger partial charge in [0, 0.05) is 41.5 Å². The Morgan fingerprint density at radius 2 is 2.16 bits per heavy atom. The summed E-state index contributed by atoms with van der Waals surface area (Å²) in [6.07, 6.45) is 6.70. The highest BCUT2D eigenvalue weighted by Crippen LogP contribution is 2.22. The number of fused-ring (bicyclic) bond motifs is 2. The number of aromatic amines is 1. The van der Waals surface area contributed by atoms with Gasteiger partial charge in [-0.3, -0.25) is 4.79 Å². The SMILES string of the molecule is Cc1ccc2nc(CCC(=O)c3cc(C#N)cc4[nH]ccc34)cn2c1. The van der Waals surface area contributed by atoms with Crippen LogP contribution >= 0.6 is 0 Å². The van der Waals surface area contributed by atoms with Crippen LogP contribution in [0.15, 0.2) is 48.9 Å². The van der Waals surface area contributed by atoms with Crippen LogP contribution < -0.4 is 0 Å². The molecule has 5 heteroatoms. The zero-order chi connectivity index (χ0) is 17.4. The van der Waals surface area contributed by atoms with Crippen molar-refractivity contribution >= 4 is 22.3 Å². The lowest BCUT2D eigenvalue weighted by Gasteiger charge is -2.03. The first-order valence-corrected chi connectivity index (χ1v) is 8.13. The fraction of sp³-hybridized carbons (Fsp3) is 0.150. The molecule has 1 aromatic carbocycles. The van der Waals surface area contributed by atoms with Gasteiger partial charge in [0.2, 0.25) is 0 Å². The van der Waals surface area contributed by atoms with Gasteiger partial charge in [-0.15, -0.1) is 0 Å². The summed E-state index contributed by atoms with van der Waals surface area (Å²) in [6.45, 7) is 2.03. The number of hydrogen-bond donors (Lipinski definition) is 1. The normalized spacial score (nSPS) is 11.0. The molecule has 0 atom stereocenters. The van der Waals surface area contributed by atoms with Crippen LogP contribution in [0.4, 0.5) is 0 Å². The van der Waals surface area contributed by atoms with Gasteiger partial charge >= 0.3 is 0 Å². The molecule has 0 unspecified atom stereocenters. The Kier molecular flexibility index (Phi) is 3.58. The summed E-state index contributed by atoms with van der Waals surface area (Å²) in [7, 11) is 0. The second-order valence-corrected chi connectivity index (χ2v) is 6.20.